The van der Waals surface area contributed by atoms with Gasteiger partial charge in [0.05, 0.1) is 11.1 Å². The Hall–Kier alpha value is -1.82. The molecule has 0 saturated carbocycles. The highest BCUT2D eigenvalue weighted by Crippen LogP contribution is 2.23. The summed E-state index contributed by atoms with van der Waals surface area (Å²) >= 11 is 1.43. The third-order valence-electron chi connectivity index (χ3n) is 3.02. The van der Waals surface area contributed by atoms with E-state index in [9.17, 15) is 4.79 Å². The molecular weight excluding hydrogens is 260 g/mol. The summed E-state index contributed by atoms with van der Waals surface area (Å²) in [5, 5.41) is 9.78. The van der Waals surface area contributed by atoms with Crippen LogP contribution in [0.4, 0.5) is 5.69 Å². The summed E-state index contributed by atoms with van der Waals surface area (Å²) in [6.07, 6.45) is 3.64. The predicted molar refractivity (Wildman–Crippen MR) is 77.4 cm³/mol. The number of thiophene rings is 1. The van der Waals surface area contributed by atoms with Crippen LogP contribution in [0.25, 0.3) is 0 Å². The minimum absolute atomic E-state index is 0.0475. The number of aryl methyl sites for hydroxylation is 3. The van der Waals surface area contributed by atoms with E-state index in [1.54, 1.807) is 6.07 Å². The monoisotopic (exact) mass is 278 g/mol. The molecule has 0 radical (unpaired) electrons. The van der Waals surface area contributed by atoms with Gasteiger partial charge in [0.1, 0.15) is 0 Å². The highest BCUT2D eigenvalue weighted by molar-refractivity contribution is 7.14. The largest absolute Gasteiger partial charge is 0.398 e. The van der Waals surface area contributed by atoms with E-state index >= 15 is 0 Å². The second-order valence-electron chi connectivity index (χ2n) is 4.50. The van der Waals surface area contributed by atoms with Crippen LogP contribution in [0.3, 0.4) is 0 Å². The van der Waals surface area contributed by atoms with Gasteiger partial charge < -0.3 is 11.1 Å². The standard InChI is InChI=1S/C13H18N4OS/c1-8-10(7-16-17-8)4-3-5-15-13(18)12-6-11(14)9(2)19-12/h6-7H,3-5,14H2,1-2H3,(H,15,18)(H,16,17). The van der Waals surface area contributed by atoms with Gasteiger partial charge in [0.15, 0.2) is 0 Å². The van der Waals surface area contributed by atoms with E-state index in [0.717, 1.165) is 23.4 Å². The average Bonchev–Trinajstić information content (AvgIpc) is 2.92. The van der Waals surface area contributed by atoms with E-state index in [-0.39, 0.29) is 5.91 Å². The lowest BCUT2D eigenvalue weighted by Gasteiger charge is -2.03. The van der Waals surface area contributed by atoms with E-state index in [1.807, 2.05) is 20.0 Å². The van der Waals surface area contributed by atoms with Crippen LogP contribution in [0.1, 0.15) is 32.2 Å². The Morgan fingerprint density at radius 1 is 1.53 bits per heavy atom. The molecule has 0 unspecified atom stereocenters. The maximum Gasteiger partial charge on any atom is 0.261 e. The summed E-state index contributed by atoms with van der Waals surface area (Å²) in [7, 11) is 0. The molecule has 5 nitrogen and oxygen atoms in total. The number of nitrogens with two attached hydrogens (primary N) is 1. The highest BCUT2D eigenvalue weighted by atomic mass is 32.1. The van der Waals surface area contributed by atoms with Gasteiger partial charge in [-0.15, -0.1) is 11.3 Å². The van der Waals surface area contributed by atoms with Gasteiger partial charge >= 0.3 is 0 Å². The van der Waals surface area contributed by atoms with E-state index < -0.39 is 0 Å². The molecule has 0 aliphatic heterocycles. The van der Waals surface area contributed by atoms with E-state index in [2.05, 4.69) is 15.5 Å². The van der Waals surface area contributed by atoms with Crippen molar-refractivity contribution in [2.75, 3.05) is 12.3 Å². The average molecular weight is 278 g/mol. The number of rotatable bonds is 5. The van der Waals surface area contributed by atoms with Gasteiger partial charge in [-0.2, -0.15) is 5.10 Å². The minimum atomic E-state index is -0.0475. The number of amides is 1. The first-order valence-corrected chi connectivity index (χ1v) is 7.02. The first kappa shape index (κ1) is 13.6. The summed E-state index contributed by atoms with van der Waals surface area (Å²) in [4.78, 5) is 13.5. The second-order valence-corrected chi connectivity index (χ2v) is 5.76. The number of nitrogen functional groups attached to an aromatic ring is 1. The lowest BCUT2D eigenvalue weighted by Crippen LogP contribution is -2.23. The second kappa shape index (κ2) is 5.88. The molecule has 0 aromatic carbocycles. The number of aromatic nitrogens is 2. The Morgan fingerprint density at radius 2 is 2.32 bits per heavy atom. The van der Waals surface area contributed by atoms with Crippen LogP contribution < -0.4 is 11.1 Å². The Balaban J connectivity index is 1.77. The molecule has 2 rings (SSSR count). The third-order valence-corrected chi connectivity index (χ3v) is 4.09. The summed E-state index contributed by atoms with van der Waals surface area (Å²) in [5.74, 6) is -0.0475. The Kier molecular flexibility index (Phi) is 4.21. The van der Waals surface area contributed by atoms with Gasteiger partial charge in [0, 0.05) is 22.8 Å². The molecule has 2 heterocycles. The first-order chi connectivity index (χ1) is 9.08. The van der Waals surface area contributed by atoms with Crippen LogP contribution in [0.5, 0.6) is 0 Å². The van der Waals surface area contributed by atoms with E-state index in [1.165, 1.54) is 16.9 Å². The van der Waals surface area contributed by atoms with Crippen molar-refractivity contribution >= 4 is 22.9 Å². The summed E-state index contributed by atoms with van der Waals surface area (Å²) in [6, 6.07) is 1.73. The Labute approximate surface area is 116 Å². The van der Waals surface area contributed by atoms with Crippen LogP contribution in [0, 0.1) is 13.8 Å². The predicted octanol–water partition coefficient (Wildman–Crippen LogP) is 2.03. The molecule has 1 amide bonds. The number of aromatic amines is 1. The van der Waals surface area contributed by atoms with Gasteiger partial charge in [-0.3, -0.25) is 9.89 Å². The van der Waals surface area contributed by atoms with Crippen molar-refractivity contribution in [3.63, 3.8) is 0 Å². The van der Waals surface area contributed by atoms with Gasteiger partial charge in [-0.1, -0.05) is 0 Å². The van der Waals surface area contributed by atoms with E-state index in [0.29, 0.717) is 17.1 Å². The molecule has 6 heteroatoms. The number of anilines is 1. The minimum Gasteiger partial charge on any atom is -0.398 e. The molecule has 2 aromatic rings. The molecule has 2 aromatic heterocycles. The third kappa shape index (κ3) is 3.35. The van der Waals surface area contributed by atoms with Crippen molar-refractivity contribution in [3.05, 3.63) is 33.3 Å². The molecule has 0 bridgehead atoms. The fourth-order valence-corrected chi connectivity index (χ4v) is 2.66. The van der Waals surface area contributed by atoms with Crippen molar-refractivity contribution in [1.82, 2.24) is 15.5 Å². The molecule has 0 spiro atoms. The zero-order valence-corrected chi connectivity index (χ0v) is 11.9. The van der Waals surface area contributed by atoms with Crippen molar-refractivity contribution in [1.29, 1.82) is 0 Å². The molecule has 0 atom stereocenters. The van der Waals surface area contributed by atoms with Gasteiger partial charge in [0.2, 0.25) is 0 Å². The molecular formula is C13H18N4OS. The summed E-state index contributed by atoms with van der Waals surface area (Å²) in [5.41, 5.74) is 8.71. The van der Waals surface area contributed by atoms with Crippen LogP contribution in [0.15, 0.2) is 12.3 Å². The molecule has 4 N–H and O–H groups in total. The topological polar surface area (TPSA) is 83.8 Å². The summed E-state index contributed by atoms with van der Waals surface area (Å²) in [6.45, 7) is 4.57. The fourth-order valence-electron chi connectivity index (χ4n) is 1.80. The van der Waals surface area contributed by atoms with E-state index in [4.69, 9.17) is 5.73 Å². The molecule has 0 aliphatic rings. The van der Waals surface area contributed by atoms with Gasteiger partial charge in [-0.25, -0.2) is 0 Å². The number of H-pyrrole nitrogens is 1. The van der Waals surface area contributed by atoms with Crippen molar-refractivity contribution in [2.45, 2.75) is 26.7 Å². The fraction of sp³-hybridized carbons (Fsp3) is 0.385. The first-order valence-electron chi connectivity index (χ1n) is 6.21. The molecule has 0 aliphatic carbocycles. The van der Waals surface area contributed by atoms with Gasteiger partial charge in [-0.05, 0) is 38.3 Å². The Morgan fingerprint density at radius 3 is 2.89 bits per heavy atom. The number of hydrogen-bond acceptors (Lipinski definition) is 4. The highest BCUT2D eigenvalue weighted by Gasteiger charge is 2.10. The number of carbonyl (C=O) groups excluding carboxylic acids is 1. The molecule has 0 saturated heterocycles. The Bertz CT molecular complexity index is 553. The SMILES string of the molecule is Cc1[nH]ncc1CCCNC(=O)c1cc(N)c(C)s1. The number of nitrogens with one attached hydrogen (secondary N) is 2. The molecule has 102 valence electrons. The smallest absolute Gasteiger partial charge is 0.261 e. The lowest BCUT2D eigenvalue weighted by atomic mass is 10.1. The van der Waals surface area contributed by atoms with Crippen LogP contribution >= 0.6 is 11.3 Å². The van der Waals surface area contributed by atoms with Crippen LogP contribution in [-0.4, -0.2) is 22.6 Å². The number of nitrogens with zero attached hydrogens (tertiary/aromatic N) is 1. The van der Waals surface area contributed by atoms with Gasteiger partial charge in [0.25, 0.3) is 5.91 Å². The zero-order chi connectivity index (χ0) is 13.8. The summed E-state index contributed by atoms with van der Waals surface area (Å²) < 4.78 is 0. The number of carbonyl (C=O) groups is 1. The molecule has 19 heavy (non-hydrogen) atoms. The van der Waals surface area contributed by atoms with Crippen LogP contribution in [0.2, 0.25) is 0 Å². The number of hydrogen-bond donors (Lipinski definition) is 3. The maximum absolute atomic E-state index is 11.9. The zero-order valence-electron chi connectivity index (χ0n) is 11.1. The van der Waals surface area contributed by atoms with Crippen molar-refractivity contribution < 1.29 is 4.79 Å². The van der Waals surface area contributed by atoms with Crippen LogP contribution in [-0.2, 0) is 6.42 Å². The maximum atomic E-state index is 11.9. The lowest BCUT2D eigenvalue weighted by molar-refractivity contribution is 0.0957. The van der Waals surface area contributed by atoms with Crippen molar-refractivity contribution in [2.24, 2.45) is 0 Å². The van der Waals surface area contributed by atoms with Crippen molar-refractivity contribution in [3.8, 4) is 0 Å². The normalized spacial score (nSPS) is 10.6. The molecule has 0 fully saturated rings. The quantitative estimate of drug-likeness (QED) is 0.732.